The maximum atomic E-state index is 5.52. The van der Waals surface area contributed by atoms with Gasteiger partial charge in [-0.15, -0.1) is 0 Å². The molecule has 2 rings (SSSR count). The van der Waals surface area contributed by atoms with Crippen LogP contribution in [-0.2, 0) is 6.42 Å². The Bertz CT molecular complexity index is 477. The molecule has 1 aromatic heterocycles. The highest BCUT2D eigenvalue weighted by Gasteiger charge is 2.01. The second-order valence-electron chi connectivity index (χ2n) is 4.21. The van der Waals surface area contributed by atoms with Crippen molar-refractivity contribution in [1.29, 1.82) is 0 Å². The summed E-state index contributed by atoms with van der Waals surface area (Å²) in [5.41, 5.74) is 8.02. The Kier molecular flexibility index (Phi) is 3.52. The third-order valence-corrected chi connectivity index (χ3v) is 2.89. The molecule has 0 spiro atoms. The van der Waals surface area contributed by atoms with Crippen molar-refractivity contribution in [3.05, 3.63) is 41.7 Å². The van der Waals surface area contributed by atoms with Crippen molar-refractivity contribution in [2.75, 3.05) is 6.54 Å². The Balaban J connectivity index is 2.32. The fourth-order valence-electron chi connectivity index (χ4n) is 2.02. The Labute approximate surface area is 96.5 Å². The minimum atomic E-state index is 0.783. The molecule has 84 valence electrons. The second-order valence-corrected chi connectivity index (χ2v) is 4.21. The van der Waals surface area contributed by atoms with E-state index in [2.05, 4.69) is 29.2 Å². The smallest absolute Gasteiger partial charge is 0.0379 e. The zero-order valence-corrected chi connectivity index (χ0v) is 9.74. The lowest BCUT2D eigenvalue weighted by molar-refractivity contribution is 0.747. The number of benzene rings is 1. The van der Waals surface area contributed by atoms with Gasteiger partial charge in [-0.05, 0) is 49.7 Å². The molecule has 0 unspecified atom stereocenters. The van der Waals surface area contributed by atoms with Crippen LogP contribution in [0.3, 0.4) is 0 Å². The van der Waals surface area contributed by atoms with Gasteiger partial charge in [-0.25, -0.2) is 0 Å². The SMILES string of the molecule is Cc1cc2c(CCCCN)cccc2cn1. The highest BCUT2D eigenvalue weighted by molar-refractivity contribution is 5.85. The minimum Gasteiger partial charge on any atom is -0.330 e. The number of hydrogen-bond donors (Lipinski definition) is 1. The van der Waals surface area contributed by atoms with Crippen molar-refractivity contribution in [3.63, 3.8) is 0 Å². The third-order valence-electron chi connectivity index (χ3n) is 2.89. The van der Waals surface area contributed by atoms with Gasteiger partial charge < -0.3 is 5.73 Å². The van der Waals surface area contributed by atoms with Gasteiger partial charge in [0.15, 0.2) is 0 Å². The number of aromatic nitrogens is 1. The summed E-state index contributed by atoms with van der Waals surface area (Å²) in [6.45, 7) is 2.82. The van der Waals surface area contributed by atoms with E-state index in [1.54, 1.807) is 0 Å². The van der Waals surface area contributed by atoms with E-state index in [0.717, 1.165) is 31.5 Å². The van der Waals surface area contributed by atoms with Crippen LogP contribution in [0.4, 0.5) is 0 Å². The van der Waals surface area contributed by atoms with E-state index in [9.17, 15) is 0 Å². The quantitative estimate of drug-likeness (QED) is 0.795. The Morgan fingerprint density at radius 1 is 1.25 bits per heavy atom. The van der Waals surface area contributed by atoms with Crippen LogP contribution in [0.5, 0.6) is 0 Å². The first-order valence-electron chi connectivity index (χ1n) is 5.85. The maximum absolute atomic E-state index is 5.52. The van der Waals surface area contributed by atoms with Crippen LogP contribution in [0.1, 0.15) is 24.1 Å². The first kappa shape index (κ1) is 11.1. The summed E-state index contributed by atoms with van der Waals surface area (Å²) in [5.74, 6) is 0. The molecule has 1 heterocycles. The lowest BCUT2D eigenvalue weighted by Crippen LogP contribution is -1.99. The summed E-state index contributed by atoms with van der Waals surface area (Å²) in [7, 11) is 0. The van der Waals surface area contributed by atoms with E-state index >= 15 is 0 Å². The fraction of sp³-hybridized carbons (Fsp3) is 0.357. The van der Waals surface area contributed by atoms with E-state index < -0.39 is 0 Å². The van der Waals surface area contributed by atoms with Crippen LogP contribution in [-0.4, -0.2) is 11.5 Å². The Morgan fingerprint density at radius 2 is 2.12 bits per heavy atom. The lowest BCUT2D eigenvalue weighted by atomic mass is 10.0. The van der Waals surface area contributed by atoms with Crippen LogP contribution in [0, 0.1) is 6.92 Å². The van der Waals surface area contributed by atoms with Crippen molar-refractivity contribution in [2.24, 2.45) is 5.73 Å². The first-order valence-corrected chi connectivity index (χ1v) is 5.85. The summed E-state index contributed by atoms with van der Waals surface area (Å²) in [4.78, 5) is 4.32. The number of unbranched alkanes of at least 4 members (excludes halogenated alkanes) is 1. The van der Waals surface area contributed by atoms with Crippen molar-refractivity contribution < 1.29 is 0 Å². The fourth-order valence-corrected chi connectivity index (χ4v) is 2.02. The standard InChI is InChI=1S/C14H18N2/c1-11-9-14-12(5-2-3-8-15)6-4-7-13(14)10-16-11/h4,6-7,9-10H,2-3,5,8,15H2,1H3. The third kappa shape index (κ3) is 2.39. The molecule has 2 heteroatoms. The van der Waals surface area contributed by atoms with E-state index in [0.29, 0.717) is 0 Å². The first-order chi connectivity index (χ1) is 7.81. The summed E-state index contributed by atoms with van der Waals surface area (Å²) in [6.07, 6.45) is 5.33. The van der Waals surface area contributed by atoms with Gasteiger partial charge in [-0.3, -0.25) is 4.98 Å². The lowest BCUT2D eigenvalue weighted by Gasteiger charge is -2.06. The van der Waals surface area contributed by atoms with Gasteiger partial charge >= 0.3 is 0 Å². The molecular weight excluding hydrogens is 196 g/mol. The van der Waals surface area contributed by atoms with E-state index in [4.69, 9.17) is 5.73 Å². The molecule has 0 amide bonds. The number of fused-ring (bicyclic) bond motifs is 1. The van der Waals surface area contributed by atoms with Crippen LogP contribution >= 0.6 is 0 Å². The zero-order valence-electron chi connectivity index (χ0n) is 9.74. The van der Waals surface area contributed by atoms with Gasteiger partial charge in [0.2, 0.25) is 0 Å². The largest absolute Gasteiger partial charge is 0.330 e. The Morgan fingerprint density at radius 3 is 2.94 bits per heavy atom. The molecule has 0 aliphatic rings. The van der Waals surface area contributed by atoms with Crippen molar-refractivity contribution in [1.82, 2.24) is 4.98 Å². The highest BCUT2D eigenvalue weighted by atomic mass is 14.7. The summed E-state index contributed by atoms with van der Waals surface area (Å²) in [5, 5.41) is 2.57. The predicted octanol–water partition coefficient (Wildman–Crippen LogP) is 2.82. The minimum absolute atomic E-state index is 0.783. The molecule has 0 radical (unpaired) electrons. The van der Waals surface area contributed by atoms with Crippen LogP contribution in [0.15, 0.2) is 30.5 Å². The summed E-state index contributed by atoms with van der Waals surface area (Å²) in [6, 6.07) is 8.61. The second kappa shape index (κ2) is 5.08. The van der Waals surface area contributed by atoms with Crippen molar-refractivity contribution >= 4 is 10.8 Å². The molecule has 16 heavy (non-hydrogen) atoms. The van der Waals surface area contributed by atoms with Gasteiger partial charge in [-0.1, -0.05) is 18.2 Å². The number of aryl methyl sites for hydroxylation is 2. The molecule has 0 fully saturated rings. The molecule has 2 nitrogen and oxygen atoms in total. The molecule has 0 aliphatic carbocycles. The normalized spacial score (nSPS) is 10.9. The van der Waals surface area contributed by atoms with E-state index in [-0.39, 0.29) is 0 Å². The van der Waals surface area contributed by atoms with Gasteiger partial charge in [0, 0.05) is 17.3 Å². The monoisotopic (exact) mass is 214 g/mol. The molecule has 0 saturated carbocycles. The summed E-state index contributed by atoms with van der Waals surface area (Å²) < 4.78 is 0. The van der Waals surface area contributed by atoms with Gasteiger partial charge in [0.1, 0.15) is 0 Å². The number of nitrogens with two attached hydrogens (primary N) is 1. The average Bonchev–Trinajstić information content (AvgIpc) is 2.30. The molecule has 2 N–H and O–H groups in total. The number of nitrogens with zero attached hydrogens (tertiary/aromatic N) is 1. The highest BCUT2D eigenvalue weighted by Crippen LogP contribution is 2.20. The molecule has 0 aliphatic heterocycles. The van der Waals surface area contributed by atoms with E-state index in [1.165, 1.54) is 16.3 Å². The van der Waals surface area contributed by atoms with Gasteiger partial charge in [0.05, 0.1) is 0 Å². The molecule has 0 saturated heterocycles. The molecular formula is C14H18N2. The molecule has 2 aromatic rings. The average molecular weight is 214 g/mol. The number of rotatable bonds is 4. The maximum Gasteiger partial charge on any atom is 0.0379 e. The van der Waals surface area contributed by atoms with Crippen molar-refractivity contribution in [2.45, 2.75) is 26.2 Å². The topological polar surface area (TPSA) is 38.9 Å². The van der Waals surface area contributed by atoms with Crippen molar-refractivity contribution in [3.8, 4) is 0 Å². The molecule has 0 atom stereocenters. The van der Waals surface area contributed by atoms with Crippen LogP contribution < -0.4 is 5.73 Å². The predicted molar refractivity (Wildman–Crippen MR) is 68.5 cm³/mol. The van der Waals surface area contributed by atoms with Crippen LogP contribution in [0.25, 0.3) is 10.8 Å². The summed E-state index contributed by atoms with van der Waals surface area (Å²) >= 11 is 0. The van der Waals surface area contributed by atoms with Gasteiger partial charge in [0.25, 0.3) is 0 Å². The van der Waals surface area contributed by atoms with E-state index in [1.807, 2.05) is 13.1 Å². The van der Waals surface area contributed by atoms with Gasteiger partial charge in [-0.2, -0.15) is 0 Å². The number of hydrogen-bond acceptors (Lipinski definition) is 2. The Hall–Kier alpha value is -1.41. The number of pyridine rings is 1. The van der Waals surface area contributed by atoms with Crippen LogP contribution in [0.2, 0.25) is 0 Å². The molecule has 1 aromatic carbocycles. The zero-order chi connectivity index (χ0) is 11.4. The molecule has 0 bridgehead atoms.